The first kappa shape index (κ1) is 24.4. The molecule has 1 saturated carbocycles. The van der Waals surface area contributed by atoms with Gasteiger partial charge >= 0.3 is 0 Å². The average molecular weight is 526 g/mol. The minimum atomic E-state index is 0. The van der Waals surface area contributed by atoms with Crippen molar-refractivity contribution in [3.05, 3.63) is 41.3 Å². The number of pyridine rings is 1. The molecule has 0 saturated heterocycles. The fourth-order valence-electron chi connectivity index (χ4n) is 3.68. The highest BCUT2D eigenvalue weighted by Crippen LogP contribution is 2.22. The van der Waals surface area contributed by atoms with Gasteiger partial charge in [0.05, 0.1) is 5.69 Å². The molecule has 3 rings (SSSR count). The maximum atomic E-state index is 5.99. The molecule has 7 nitrogen and oxygen atoms in total. The van der Waals surface area contributed by atoms with Gasteiger partial charge in [-0.3, -0.25) is 9.67 Å². The first-order valence-corrected chi connectivity index (χ1v) is 10.7. The van der Waals surface area contributed by atoms with Gasteiger partial charge in [0.1, 0.15) is 6.10 Å². The van der Waals surface area contributed by atoms with Crippen LogP contribution in [0.25, 0.3) is 0 Å². The molecule has 0 spiro atoms. The van der Waals surface area contributed by atoms with Crippen molar-refractivity contribution in [3.8, 4) is 5.88 Å². The number of ether oxygens (including phenoxy) is 1. The van der Waals surface area contributed by atoms with E-state index in [1.807, 2.05) is 19.2 Å². The first-order valence-electron chi connectivity index (χ1n) is 10.7. The monoisotopic (exact) mass is 526 g/mol. The van der Waals surface area contributed by atoms with Crippen molar-refractivity contribution in [2.24, 2.45) is 4.99 Å². The Labute approximate surface area is 197 Å². The van der Waals surface area contributed by atoms with E-state index in [0.717, 1.165) is 55.4 Å². The molecule has 2 heterocycles. The summed E-state index contributed by atoms with van der Waals surface area (Å²) in [6.45, 7) is 6.53. The van der Waals surface area contributed by atoms with Crippen molar-refractivity contribution in [1.29, 1.82) is 0 Å². The van der Waals surface area contributed by atoms with Gasteiger partial charge < -0.3 is 15.4 Å². The summed E-state index contributed by atoms with van der Waals surface area (Å²) >= 11 is 0. The van der Waals surface area contributed by atoms with E-state index in [2.05, 4.69) is 49.4 Å². The van der Waals surface area contributed by atoms with Crippen LogP contribution in [0.2, 0.25) is 0 Å². The van der Waals surface area contributed by atoms with Crippen LogP contribution in [0.1, 0.15) is 55.5 Å². The predicted octanol–water partition coefficient (Wildman–Crippen LogP) is 3.98. The van der Waals surface area contributed by atoms with E-state index in [1.54, 1.807) is 7.05 Å². The number of hydrogen-bond donors (Lipinski definition) is 2. The topological polar surface area (TPSA) is 76.4 Å². The van der Waals surface area contributed by atoms with Crippen LogP contribution in [0.5, 0.6) is 5.88 Å². The van der Waals surface area contributed by atoms with Gasteiger partial charge in [-0.1, -0.05) is 12.5 Å². The molecule has 0 amide bonds. The van der Waals surface area contributed by atoms with E-state index >= 15 is 0 Å². The van der Waals surface area contributed by atoms with Gasteiger partial charge in [0.15, 0.2) is 5.96 Å². The molecule has 0 unspecified atom stereocenters. The van der Waals surface area contributed by atoms with Crippen molar-refractivity contribution < 1.29 is 4.74 Å². The minimum Gasteiger partial charge on any atom is -0.474 e. The Balaban J connectivity index is 0.00000320. The van der Waals surface area contributed by atoms with Crippen LogP contribution in [-0.2, 0) is 13.1 Å². The Morgan fingerprint density at radius 2 is 2.00 bits per heavy atom. The van der Waals surface area contributed by atoms with Crippen LogP contribution in [0.15, 0.2) is 29.4 Å². The number of nitrogens with zero attached hydrogens (tertiary/aromatic N) is 4. The normalized spacial score (nSPS) is 14.8. The summed E-state index contributed by atoms with van der Waals surface area (Å²) in [5, 5.41) is 11.2. The van der Waals surface area contributed by atoms with E-state index in [1.165, 1.54) is 25.0 Å². The Kier molecular flexibility index (Phi) is 10.4. The summed E-state index contributed by atoms with van der Waals surface area (Å²) in [7, 11) is 1.79. The van der Waals surface area contributed by atoms with Crippen LogP contribution in [0.3, 0.4) is 0 Å². The third kappa shape index (κ3) is 7.77. The Morgan fingerprint density at radius 3 is 2.63 bits per heavy atom. The Morgan fingerprint density at radius 1 is 1.20 bits per heavy atom. The van der Waals surface area contributed by atoms with Crippen molar-refractivity contribution in [2.45, 2.75) is 71.6 Å². The summed E-state index contributed by atoms with van der Waals surface area (Å²) in [6, 6.07) is 6.14. The maximum Gasteiger partial charge on any atom is 0.213 e. The van der Waals surface area contributed by atoms with Gasteiger partial charge in [-0.05, 0) is 57.6 Å². The summed E-state index contributed by atoms with van der Waals surface area (Å²) < 4.78 is 8.05. The largest absolute Gasteiger partial charge is 0.474 e. The van der Waals surface area contributed by atoms with Crippen molar-refractivity contribution in [2.75, 3.05) is 13.6 Å². The van der Waals surface area contributed by atoms with Crippen LogP contribution in [-0.4, -0.2) is 40.4 Å². The third-order valence-corrected chi connectivity index (χ3v) is 5.26. The highest BCUT2D eigenvalue weighted by Gasteiger charge is 2.15. The lowest BCUT2D eigenvalue weighted by Gasteiger charge is -2.22. The molecule has 1 fully saturated rings. The van der Waals surface area contributed by atoms with Crippen LogP contribution in [0.4, 0.5) is 0 Å². The maximum absolute atomic E-state index is 5.99. The van der Waals surface area contributed by atoms with Crippen molar-refractivity contribution >= 4 is 29.9 Å². The minimum absolute atomic E-state index is 0. The molecule has 0 aromatic carbocycles. The van der Waals surface area contributed by atoms with Gasteiger partial charge in [-0.15, -0.1) is 24.0 Å². The second-order valence-corrected chi connectivity index (χ2v) is 7.74. The molecule has 30 heavy (non-hydrogen) atoms. The summed E-state index contributed by atoms with van der Waals surface area (Å²) in [5.41, 5.74) is 3.37. The summed E-state index contributed by atoms with van der Waals surface area (Å²) in [6.07, 6.45) is 9.34. The van der Waals surface area contributed by atoms with E-state index < -0.39 is 0 Å². The second kappa shape index (κ2) is 12.8. The number of hydrogen-bond acceptors (Lipinski definition) is 4. The van der Waals surface area contributed by atoms with Gasteiger partial charge in [0.25, 0.3) is 0 Å². The molecule has 1 aliphatic carbocycles. The zero-order valence-corrected chi connectivity index (χ0v) is 20.7. The standard InChI is InChI=1S/C22H34N6O.HI/c1-17-14-18(2)28(27-17)13-7-12-24-22(23-3)26-16-19-10-11-21(25-15-19)29-20-8-5-4-6-9-20;/h10-11,14-15,20H,4-9,12-13,16H2,1-3H3,(H2,23,24,26);1H. The van der Waals surface area contributed by atoms with Crippen molar-refractivity contribution in [3.63, 3.8) is 0 Å². The molecular formula is C22H35IN6O. The number of nitrogens with one attached hydrogen (secondary N) is 2. The molecule has 166 valence electrons. The molecule has 1 aliphatic rings. The highest BCUT2D eigenvalue weighted by molar-refractivity contribution is 14.0. The van der Waals surface area contributed by atoms with Gasteiger partial charge in [0, 0.05) is 44.6 Å². The fraction of sp³-hybridized carbons (Fsp3) is 0.591. The molecule has 0 atom stereocenters. The predicted molar refractivity (Wildman–Crippen MR) is 132 cm³/mol. The lowest BCUT2D eigenvalue weighted by Crippen LogP contribution is -2.37. The Bertz CT molecular complexity index is 783. The molecule has 0 radical (unpaired) electrons. The number of rotatable bonds is 8. The number of aryl methyl sites for hydroxylation is 3. The van der Waals surface area contributed by atoms with Crippen LogP contribution >= 0.6 is 24.0 Å². The first-order chi connectivity index (χ1) is 14.1. The van der Waals surface area contributed by atoms with E-state index in [4.69, 9.17) is 4.74 Å². The highest BCUT2D eigenvalue weighted by atomic mass is 127. The zero-order chi connectivity index (χ0) is 20.5. The third-order valence-electron chi connectivity index (χ3n) is 5.26. The molecule has 2 N–H and O–H groups in total. The van der Waals surface area contributed by atoms with Gasteiger partial charge in [0.2, 0.25) is 5.88 Å². The van der Waals surface area contributed by atoms with E-state index in [-0.39, 0.29) is 24.0 Å². The van der Waals surface area contributed by atoms with Gasteiger partial charge in [-0.2, -0.15) is 5.10 Å². The fourth-order valence-corrected chi connectivity index (χ4v) is 3.68. The zero-order valence-electron chi connectivity index (χ0n) is 18.4. The Hall–Kier alpha value is -1.84. The smallest absolute Gasteiger partial charge is 0.213 e. The summed E-state index contributed by atoms with van der Waals surface area (Å²) in [5.74, 6) is 1.52. The quantitative estimate of drug-likeness (QED) is 0.236. The van der Waals surface area contributed by atoms with Gasteiger partial charge in [-0.25, -0.2) is 4.98 Å². The van der Waals surface area contributed by atoms with Crippen LogP contribution < -0.4 is 15.4 Å². The van der Waals surface area contributed by atoms with Crippen molar-refractivity contribution in [1.82, 2.24) is 25.4 Å². The molecule has 2 aromatic heterocycles. The molecule has 0 aliphatic heterocycles. The SMILES string of the molecule is CN=C(NCCCn1nc(C)cc1C)NCc1ccc(OC2CCCCC2)nc1.I. The van der Waals surface area contributed by atoms with E-state index in [9.17, 15) is 0 Å². The molecule has 8 heteroatoms. The van der Waals surface area contributed by atoms with E-state index in [0.29, 0.717) is 12.6 Å². The lowest BCUT2D eigenvalue weighted by molar-refractivity contribution is 0.148. The van der Waals surface area contributed by atoms with Crippen LogP contribution in [0, 0.1) is 13.8 Å². The molecular weight excluding hydrogens is 491 g/mol. The summed E-state index contributed by atoms with van der Waals surface area (Å²) in [4.78, 5) is 8.75. The number of halogens is 1. The average Bonchev–Trinajstić information content (AvgIpc) is 3.06. The number of guanidine groups is 1. The second-order valence-electron chi connectivity index (χ2n) is 7.74. The molecule has 2 aromatic rings. The lowest BCUT2D eigenvalue weighted by atomic mass is 9.98. The number of aliphatic imine (C=N–C) groups is 1. The number of aromatic nitrogens is 3. The molecule has 0 bridgehead atoms.